The number of ether oxygens (including phenoxy) is 1. The lowest BCUT2D eigenvalue weighted by molar-refractivity contribution is 0.0318. The van der Waals surface area contributed by atoms with Crippen molar-refractivity contribution in [3.05, 3.63) is 33.3 Å². The Morgan fingerprint density at radius 2 is 2.19 bits per heavy atom. The zero-order chi connectivity index (χ0) is 15.1. The van der Waals surface area contributed by atoms with Gasteiger partial charge >= 0.3 is 0 Å². The minimum atomic E-state index is -0.0887. The van der Waals surface area contributed by atoms with Crippen molar-refractivity contribution in [3.8, 4) is 0 Å². The fraction of sp³-hybridized carbons (Fsp3) is 0.533. The maximum Gasteiger partial charge on any atom is 0.251 e. The van der Waals surface area contributed by atoms with Gasteiger partial charge in [-0.3, -0.25) is 4.79 Å². The molecule has 2 rings (SSSR count). The van der Waals surface area contributed by atoms with Crippen LogP contribution in [0.1, 0.15) is 29.6 Å². The van der Waals surface area contributed by atoms with Crippen LogP contribution in [0.3, 0.4) is 0 Å². The number of hydrogen-bond acceptors (Lipinski definition) is 3. The topological polar surface area (TPSA) is 50.4 Å². The summed E-state index contributed by atoms with van der Waals surface area (Å²) in [5.41, 5.74) is 0.602. The highest BCUT2D eigenvalue weighted by atomic mass is 79.9. The molecular formula is C15H20BrClN2O2. The van der Waals surface area contributed by atoms with Gasteiger partial charge < -0.3 is 15.4 Å². The number of amides is 1. The predicted octanol–water partition coefficient (Wildman–Crippen LogP) is 2.99. The molecule has 21 heavy (non-hydrogen) atoms. The first-order valence-corrected chi connectivity index (χ1v) is 8.39. The first kappa shape index (κ1) is 16.7. The minimum absolute atomic E-state index is 0.0887. The van der Waals surface area contributed by atoms with Crippen LogP contribution < -0.4 is 10.6 Å². The Morgan fingerprint density at radius 3 is 2.90 bits per heavy atom. The van der Waals surface area contributed by atoms with Crippen LogP contribution in [-0.2, 0) is 4.74 Å². The second kappa shape index (κ2) is 8.73. The molecular weight excluding hydrogens is 356 g/mol. The van der Waals surface area contributed by atoms with Crippen LogP contribution in [0.15, 0.2) is 22.7 Å². The number of piperidine rings is 1. The number of carbonyl (C=O) groups excluding carboxylic acids is 1. The Morgan fingerprint density at radius 1 is 1.43 bits per heavy atom. The molecule has 116 valence electrons. The minimum Gasteiger partial charge on any atom is -0.378 e. The maximum absolute atomic E-state index is 11.9. The van der Waals surface area contributed by atoms with Crippen LogP contribution in [0.2, 0.25) is 5.02 Å². The van der Waals surface area contributed by atoms with E-state index in [1.807, 2.05) is 0 Å². The van der Waals surface area contributed by atoms with Crippen molar-refractivity contribution in [2.24, 2.45) is 0 Å². The van der Waals surface area contributed by atoms with Crippen LogP contribution in [-0.4, -0.2) is 38.3 Å². The highest BCUT2D eigenvalue weighted by Crippen LogP contribution is 2.23. The third-order valence-electron chi connectivity index (χ3n) is 3.43. The van der Waals surface area contributed by atoms with E-state index in [9.17, 15) is 4.79 Å². The van der Waals surface area contributed by atoms with Crippen molar-refractivity contribution in [1.82, 2.24) is 10.6 Å². The molecule has 6 heteroatoms. The predicted molar refractivity (Wildman–Crippen MR) is 87.9 cm³/mol. The van der Waals surface area contributed by atoms with Gasteiger partial charge in [0.15, 0.2) is 0 Å². The van der Waals surface area contributed by atoms with Gasteiger partial charge in [0.25, 0.3) is 5.91 Å². The Balaban J connectivity index is 1.63. The molecule has 0 spiro atoms. The van der Waals surface area contributed by atoms with Crippen LogP contribution in [0, 0.1) is 0 Å². The molecule has 1 aromatic carbocycles. The van der Waals surface area contributed by atoms with Crippen molar-refractivity contribution in [1.29, 1.82) is 0 Å². The zero-order valence-corrected chi connectivity index (χ0v) is 14.2. The quantitative estimate of drug-likeness (QED) is 0.752. The fourth-order valence-electron chi connectivity index (χ4n) is 2.23. The molecule has 4 nitrogen and oxygen atoms in total. The van der Waals surface area contributed by atoms with Gasteiger partial charge in [0.1, 0.15) is 0 Å². The molecule has 1 fully saturated rings. The van der Waals surface area contributed by atoms with Gasteiger partial charge in [0.05, 0.1) is 11.1 Å². The summed E-state index contributed by atoms with van der Waals surface area (Å²) in [6, 6.07) is 5.15. The summed E-state index contributed by atoms with van der Waals surface area (Å²) in [5, 5.41) is 6.79. The SMILES string of the molecule is O=C(NCCCOC1CCNCC1)c1ccc(Cl)c(Br)c1. The summed E-state index contributed by atoms with van der Waals surface area (Å²) in [4.78, 5) is 11.9. The molecule has 1 amide bonds. The van der Waals surface area contributed by atoms with E-state index in [-0.39, 0.29) is 5.91 Å². The summed E-state index contributed by atoms with van der Waals surface area (Å²) in [7, 11) is 0. The van der Waals surface area contributed by atoms with E-state index < -0.39 is 0 Å². The fourth-order valence-corrected chi connectivity index (χ4v) is 2.72. The van der Waals surface area contributed by atoms with Gasteiger partial charge in [0, 0.05) is 23.2 Å². The lowest BCUT2D eigenvalue weighted by Gasteiger charge is -2.22. The van der Waals surface area contributed by atoms with E-state index >= 15 is 0 Å². The number of nitrogens with one attached hydrogen (secondary N) is 2. The second-order valence-corrected chi connectivity index (χ2v) is 6.32. The van der Waals surface area contributed by atoms with E-state index in [1.165, 1.54) is 0 Å². The summed E-state index contributed by atoms with van der Waals surface area (Å²) in [6.45, 7) is 3.37. The summed E-state index contributed by atoms with van der Waals surface area (Å²) in [5.74, 6) is -0.0887. The monoisotopic (exact) mass is 374 g/mol. The molecule has 0 atom stereocenters. The molecule has 0 saturated carbocycles. The van der Waals surface area contributed by atoms with E-state index in [0.717, 1.165) is 36.8 Å². The van der Waals surface area contributed by atoms with Gasteiger partial charge in [-0.1, -0.05) is 11.6 Å². The van der Waals surface area contributed by atoms with Gasteiger partial charge in [0.2, 0.25) is 0 Å². The Hall–Kier alpha value is -0.620. The molecule has 0 radical (unpaired) electrons. The molecule has 0 aromatic heterocycles. The zero-order valence-electron chi connectivity index (χ0n) is 11.8. The van der Waals surface area contributed by atoms with Crippen LogP contribution in [0.5, 0.6) is 0 Å². The maximum atomic E-state index is 11.9. The van der Waals surface area contributed by atoms with Crippen LogP contribution in [0.25, 0.3) is 0 Å². The lowest BCUT2D eigenvalue weighted by atomic mass is 10.1. The number of rotatable bonds is 6. The average molecular weight is 376 g/mol. The normalized spacial score (nSPS) is 15.9. The largest absolute Gasteiger partial charge is 0.378 e. The van der Waals surface area contributed by atoms with Gasteiger partial charge in [-0.25, -0.2) is 0 Å². The molecule has 1 heterocycles. The molecule has 0 bridgehead atoms. The number of hydrogen-bond donors (Lipinski definition) is 2. The summed E-state index contributed by atoms with van der Waals surface area (Å²) < 4.78 is 6.52. The molecule has 2 N–H and O–H groups in total. The molecule has 0 unspecified atom stereocenters. The van der Waals surface area contributed by atoms with Gasteiger partial charge in [-0.15, -0.1) is 0 Å². The van der Waals surface area contributed by atoms with Crippen LogP contribution in [0.4, 0.5) is 0 Å². The number of benzene rings is 1. The van der Waals surface area contributed by atoms with E-state index in [4.69, 9.17) is 16.3 Å². The Kier molecular flexibility index (Phi) is 6.96. The lowest BCUT2D eigenvalue weighted by Crippen LogP contribution is -2.33. The molecule has 1 aliphatic rings. The van der Waals surface area contributed by atoms with E-state index in [2.05, 4.69) is 26.6 Å². The molecule has 1 aromatic rings. The van der Waals surface area contributed by atoms with Crippen molar-refractivity contribution < 1.29 is 9.53 Å². The molecule has 0 aliphatic carbocycles. The van der Waals surface area contributed by atoms with Crippen LogP contribution >= 0.6 is 27.5 Å². The van der Waals surface area contributed by atoms with Crippen molar-refractivity contribution in [3.63, 3.8) is 0 Å². The smallest absolute Gasteiger partial charge is 0.251 e. The Labute approximate surface area is 138 Å². The molecule has 1 aliphatic heterocycles. The van der Waals surface area contributed by atoms with E-state index in [1.54, 1.807) is 18.2 Å². The third kappa shape index (κ3) is 5.58. The molecule has 1 saturated heterocycles. The second-order valence-electron chi connectivity index (χ2n) is 5.06. The number of carbonyl (C=O) groups is 1. The summed E-state index contributed by atoms with van der Waals surface area (Å²) in [6.07, 6.45) is 3.34. The van der Waals surface area contributed by atoms with E-state index in [0.29, 0.717) is 29.8 Å². The van der Waals surface area contributed by atoms with Crippen molar-refractivity contribution >= 4 is 33.4 Å². The van der Waals surface area contributed by atoms with Crippen molar-refractivity contribution in [2.75, 3.05) is 26.2 Å². The highest BCUT2D eigenvalue weighted by Gasteiger charge is 2.12. The first-order chi connectivity index (χ1) is 10.2. The average Bonchev–Trinajstić information content (AvgIpc) is 2.50. The highest BCUT2D eigenvalue weighted by molar-refractivity contribution is 9.10. The third-order valence-corrected chi connectivity index (χ3v) is 4.64. The summed E-state index contributed by atoms with van der Waals surface area (Å²) >= 11 is 9.22. The standard InChI is InChI=1S/C15H20BrClN2O2/c16-13-10-11(2-3-14(13)17)15(20)19-6-1-9-21-12-4-7-18-8-5-12/h2-3,10,12,18H,1,4-9H2,(H,19,20). The van der Waals surface area contributed by atoms with Gasteiger partial charge in [-0.05, 0) is 66.5 Å². The number of halogens is 2. The van der Waals surface area contributed by atoms with Gasteiger partial charge in [-0.2, -0.15) is 0 Å². The first-order valence-electron chi connectivity index (χ1n) is 7.22. The Bertz CT molecular complexity index is 479. The van der Waals surface area contributed by atoms with Crippen molar-refractivity contribution in [2.45, 2.75) is 25.4 Å².